The minimum atomic E-state index is -0.280. The number of amides is 1. The van der Waals surface area contributed by atoms with Crippen molar-refractivity contribution >= 4 is 5.91 Å². The van der Waals surface area contributed by atoms with Crippen molar-refractivity contribution in [1.29, 1.82) is 0 Å². The minimum absolute atomic E-state index is 0.0753. The van der Waals surface area contributed by atoms with E-state index in [-0.39, 0.29) is 18.6 Å². The van der Waals surface area contributed by atoms with Crippen LogP contribution < -0.4 is 5.32 Å². The van der Waals surface area contributed by atoms with E-state index in [1.807, 2.05) is 48.5 Å². The molecule has 1 unspecified atom stereocenters. The summed E-state index contributed by atoms with van der Waals surface area (Å²) in [4.78, 5) is 15.0. The molecule has 2 aromatic carbocycles. The SMILES string of the molecule is O=C(NC(CO)Cc1ccccc1)c1cccc(CN2CCCC2)c1. The number of hydrogen-bond donors (Lipinski definition) is 2. The lowest BCUT2D eigenvalue weighted by Crippen LogP contribution is -2.39. The van der Waals surface area contributed by atoms with Crippen molar-refractivity contribution in [2.24, 2.45) is 0 Å². The predicted molar refractivity (Wildman–Crippen MR) is 99.4 cm³/mol. The van der Waals surface area contributed by atoms with E-state index >= 15 is 0 Å². The van der Waals surface area contributed by atoms with Crippen molar-refractivity contribution in [3.05, 3.63) is 71.3 Å². The summed E-state index contributed by atoms with van der Waals surface area (Å²) in [5.74, 6) is -0.127. The van der Waals surface area contributed by atoms with Crippen molar-refractivity contribution in [3.63, 3.8) is 0 Å². The summed E-state index contributed by atoms with van der Waals surface area (Å²) in [7, 11) is 0. The lowest BCUT2D eigenvalue weighted by Gasteiger charge is -2.18. The summed E-state index contributed by atoms with van der Waals surface area (Å²) in [6, 6.07) is 17.4. The third kappa shape index (κ3) is 5.15. The Labute approximate surface area is 149 Å². The highest BCUT2D eigenvalue weighted by molar-refractivity contribution is 5.94. The highest BCUT2D eigenvalue weighted by Gasteiger charge is 2.15. The van der Waals surface area contributed by atoms with Gasteiger partial charge in [-0.2, -0.15) is 0 Å². The van der Waals surface area contributed by atoms with Crippen molar-refractivity contribution in [2.75, 3.05) is 19.7 Å². The van der Waals surface area contributed by atoms with Crippen LogP contribution >= 0.6 is 0 Å². The predicted octanol–water partition coefficient (Wildman–Crippen LogP) is 2.62. The van der Waals surface area contributed by atoms with Crippen LogP contribution in [0.4, 0.5) is 0 Å². The lowest BCUT2D eigenvalue weighted by atomic mass is 10.1. The monoisotopic (exact) mass is 338 g/mol. The number of carbonyl (C=O) groups is 1. The molecule has 4 nitrogen and oxygen atoms in total. The van der Waals surface area contributed by atoms with Gasteiger partial charge in [-0.15, -0.1) is 0 Å². The van der Waals surface area contributed by atoms with Crippen LogP contribution in [0.25, 0.3) is 0 Å². The molecule has 1 saturated heterocycles. The van der Waals surface area contributed by atoms with E-state index in [1.54, 1.807) is 0 Å². The van der Waals surface area contributed by atoms with Gasteiger partial charge in [0, 0.05) is 12.1 Å². The number of nitrogens with zero attached hydrogens (tertiary/aromatic N) is 1. The zero-order chi connectivity index (χ0) is 17.5. The third-order valence-electron chi connectivity index (χ3n) is 4.67. The molecular formula is C21H26N2O2. The van der Waals surface area contributed by atoms with E-state index in [4.69, 9.17) is 0 Å². The molecule has 0 radical (unpaired) electrons. The Kier molecular flexibility index (Phi) is 6.20. The molecule has 0 saturated carbocycles. The summed E-state index contributed by atoms with van der Waals surface area (Å²) < 4.78 is 0. The molecule has 132 valence electrons. The molecule has 1 atom stereocenters. The van der Waals surface area contributed by atoms with Crippen LogP contribution in [0.2, 0.25) is 0 Å². The maximum absolute atomic E-state index is 12.6. The third-order valence-corrected chi connectivity index (χ3v) is 4.67. The van der Waals surface area contributed by atoms with E-state index < -0.39 is 0 Å². The molecule has 2 aromatic rings. The number of hydrogen-bond acceptors (Lipinski definition) is 3. The Morgan fingerprint density at radius 2 is 1.76 bits per heavy atom. The number of rotatable bonds is 7. The van der Waals surface area contributed by atoms with Crippen molar-refractivity contribution in [1.82, 2.24) is 10.2 Å². The molecule has 1 amide bonds. The van der Waals surface area contributed by atoms with E-state index in [0.29, 0.717) is 12.0 Å². The number of aliphatic hydroxyl groups is 1. The Morgan fingerprint density at radius 3 is 2.48 bits per heavy atom. The van der Waals surface area contributed by atoms with Crippen molar-refractivity contribution in [3.8, 4) is 0 Å². The molecule has 0 spiro atoms. The summed E-state index contributed by atoms with van der Waals surface area (Å²) in [6.45, 7) is 3.10. The molecule has 2 N–H and O–H groups in total. The van der Waals surface area contributed by atoms with Gasteiger partial charge in [0.05, 0.1) is 12.6 Å². The Bertz CT molecular complexity index is 681. The van der Waals surface area contributed by atoms with Crippen LogP contribution in [0.3, 0.4) is 0 Å². The minimum Gasteiger partial charge on any atom is -0.394 e. The Hall–Kier alpha value is -2.17. The quantitative estimate of drug-likeness (QED) is 0.816. The molecule has 0 aromatic heterocycles. The van der Waals surface area contributed by atoms with Crippen LogP contribution in [-0.4, -0.2) is 41.7 Å². The molecule has 1 aliphatic rings. The van der Waals surface area contributed by atoms with Gasteiger partial charge < -0.3 is 10.4 Å². The molecule has 1 heterocycles. The first-order valence-electron chi connectivity index (χ1n) is 9.01. The Morgan fingerprint density at radius 1 is 1.04 bits per heavy atom. The average Bonchev–Trinajstić information content (AvgIpc) is 3.15. The second-order valence-corrected chi connectivity index (χ2v) is 6.73. The van der Waals surface area contributed by atoms with Gasteiger partial charge >= 0.3 is 0 Å². The van der Waals surface area contributed by atoms with E-state index in [0.717, 1.165) is 30.8 Å². The second-order valence-electron chi connectivity index (χ2n) is 6.73. The fraction of sp³-hybridized carbons (Fsp3) is 0.381. The molecule has 0 bridgehead atoms. The van der Waals surface area contributed by atoms with Crippen LogP contribution in [-0.2, 0) is 13.0 Å². The number of carbonyl (C=O) groups excluding carboxylic acids is 1. The van der Waals surface area contributed by atoms with Crippen LogP contribution in [0.15, 0.2) is 54.6 Å². The topological polar surface area (TPSA) is 52.6 Å². The molecular weight excluding hydrogens is 312 g/mol. The highest BCUT2D eigenvalue weighted by atomic mass is 16.3. The van der Waals surface area contributed by atoms with Crippen molar-refractivity contribution in [2.45, 2.75) is 31.8 Å². The fourth-order valence-corrected chi connectivity index (χ4v) is 3.34. The first kappa shape index (κ1) is 17.6. The van der Waals surface area contributed by atoms with Gasteiger partial charge in [0.25, 0.3) is 5.91 Å². The average molecular weight is 338 g/mol. The van der Waals surface area contributed by atoms with Gasteiger partial charge in [-0.05, 0) is 55.6 Å². The molecule has 4 heteroatoms. The molecule has 25 heavy (non-hydrogen) atoms. The number of likely N-dealkylation sites (tertiary alicyclic amines) is 1. The van der Waals surface area contributed by atoms with E-state index in [2.05, 4.69) is 16.3 Å². The zero-order valence-electron chi connectivity index (χ0n) is 14.5. The van der Waals surface area contributed by atoms with E-state index in [9.17, 15) is 9.90 Å². The number of aliphatic hydroxyl groups excluding tert-OH is 1. The molecule has 0 aliphatic carbocycles. The van der Waals surface area contributed by atoms with Crippen LogP contribution in [0.5, 0.6) is 0 Å². The molecule has 1 aliphatic heterocycles. The standard InChI is InChI=1S/C21H26N2O2/c24-16-20(14-17-7-2-1-3-8-17)22-21(25)19-10-6-9-18(13-19)15-23-11-4-5-12-23/h1-3,6-10,13,20,24H,4-5,11-12,14-16H2,(H,22,25). The van der Waals surface area contributed by atoms with Gasteiger partial charge in [0.15, 0.2) is 0 Å². The Balaban J connectivity index is 1.61. The van der Waals surface area contributed by atoms with Gasteiger partial charge in [-0.25, -0.2) is 0 Å². The molecule has 3 rings (SSSR count). The highest BCUT2D eigenvalue weighted by Crippen LogP contribution is 2.14. The summed E-state index contributed by atoms with van der Waals surface area (Å²) in [5, 5.41) is 12.6. The van der Waals surface area contributed by atoms with Gasteiger partial charge in [0.2, 0.25) is 0 Å². The van der Waals surface area contributed by atoms with Gasteiger partial charge in [-0.3, -0.25) is 9.69 Å². The second kappa shape index (κ2) is 8.79. The summed E-state index contributed by atoms with van der Waals surface area (Å²) in [5.41, 5.74) is 2.92. The maximum Gasteiger partial charge on any atom is 0.251 e. The van der Waals surface area contributed by atoms with Crippen LogP contribution in [0, 0.1) is 0 Å². The first-order valence-corrected chi connectivity index (χ1v) is 9.01. The van der Waals surface area contributed by atoms with Gasteiger partial charge in [0.1, 0.15) is 0 Å². The largest absolute Gasteiger partial charge is 0.394 e. The first-order chi connectivity index (χ1) is 12.2. The molecule has 1 fully saturated rings. The smallest absolute Gasteiger partial charge is 0.251 e. The normalized spacial score (nSPS) is 15.9. The fourth-order valence-electron chi connectivity index (χ4n) is 3.34. The van der Waals surface area contributed by atoms with E-state index in [1.165, 1.54) is 12.8 Å². The van der Waals surface area contributed by atoms with Gasteiger partial charge in [-0.1, -0.05) is 42.5 Å². The number of nitrogens with one attached hydrogen (secondary N) is 1. The summed E-state index contributed by atoms with van der Waals surface area (Å²) >= 11 is 0. The maximum atomic E-state index is 12.6. The van der Waals surface area contributed by atoms with Crippen LogP contribution in [0.1, 0.15) is 34.3 Å². The number of benzene rings is 2. The zero-order valence-corrected chi connectivity index (χ0v) is 14.5. The lowest BCUT2D eigenvalue weighted by molar-refractivity contribution is 0.0916. The summed E-state index contributed by atoms with van der Waals surface area (Å²) in [6.07, 6.45) is 3.15. The van der Waals surface area contributed by atoms with Crippen molar-refractivity contribution < 1.29 is 9.90 Å².